The number of guanidine groups is 1. The van der Waals surface area contributed by atoms with Crippen LogP contribution >= 0.6 is 11.5 Å². The molecule has 0 bridgehead atoms. The van der Waals surface area contributed by atoms with Gasteiger partial charge in [-0.15, -0.1) is 0 Å². The van der Waals surface area contributed by atoms with Crippen LogP contribution in [0.25, 0.3) is 0 Å². The molecule has 1 aromatic heterocycles. The van der Waals surface area contributed by atoms with Gasteiger partial charge in [0.05, 0.1) is 0 Å². The average molecular weight is 373 g/mol. The number of nitrogens with zero attached hydrogens (tertiary/aromatic N) is 5. The van der Waals surface area contributed by atoms with Crippen LogP contribution in [0.3, 0.4) is 0 Å². The fourth-order valence-electron chi connectivity index (χ4n) is 3.14. The molecule has 0 aliphatic carbocycles. The van der Waals surface area contributed by atoms with Crippen molar-refractivity contribution in [2.24, 2.45) is 4.99 Å². The van der Waals surface area contributed by atoms with Gasteiger partial charge in [-0.1, -0.05) is 36.8 Å². The SMILES string of the molecule is CCc1nsc(N2CCN(C(=NC)NCCc3cccc(C)c3)CC2)n1. The minimum Gasteiger partial charge on any atom is -0.356 e. The Bertz CT molecular complexity index is 733. The number of aromatic nitrogens is 2. The third-order valence-electron chi connectivity index (χ3n) is 4.61. The first-order valence-electron chi connectivity index (χ1n) is 9.28. The van der Waals surface area contributed by atoms with Gasteiger partial charge in [-0.25, -0.2) is 4.98 Å². The molecule has 0 saturated carbocycles. The Morgan fingerprint density at radius 2 is 2.08 bits per heavy atom. The summed E-state index contributed by atoms with van der Waals surface area (Å²) in [4.78, 5) is 13.7. The molecule has 1 fully saturated rings. The normalized spacial score (nSPS) is 15.4. The third-order valence-corrected chi connectivity index (χ3v) is 5.43. The number of rotatable bonds is 5. The van der Waals surface area contributed by atoms with Crippen LogP contribution < -0.4 is 10.2 Å². The predicted octanol–water partition coefficient (Wildman–Crippen LogP) is 2.35. The van der Waals surface area contributed by atoms with Crippen molar-refractivity contribution in [1.82, 2.24) is 19.6 Å². The maximum absolute atomic E-state index is 4.60. The smallest absolute Gasteiger partial charge is 0.205 e. The standard InChI is InChI=1S/C19H28N6S/c1-4-17-22-19(26-23-17)25-12-10-24(11-13-25)18(20-3)21-9-8-16-7-5-6-15(2)14-16/h5-7,14H,4,8-13H2,1-3H3,(H,20,21). The van der Waals surface area contributed by atoms with Crippen molar-refractivity contribution >= 4 is 22.6 Å². The molecular weight excluding hydrogens is 344 g/mol. The number of aliphatic imine (C=N–C) groups is 1. The Hall–Kier alpha value is -2.15. The molecule has 0 radical (unpaired) electrons. The van der Waals surface area contributed by atoms with E-state index in [1.807, 2.05) is 7.05 Å². The zero-order valence-electron chi connectivity index (χ0n) is 15.9. The van der Waals surface area contributed by atoms with Gasteiger partial charge in [0, 0.05) is 57.7 Å². The number of benzene rings is 1. The Kier molecular flexibility index (Phi) is 6.44. The molecule has 0 unspecified atom stereocenters. The second-order valence-corrected chi connectivity index (χ2v) is 7.26. The van der Waals surface area contributed by atoms with Crippen LogP contribution in [0.4, 0.5) is 5.13 Å². The van der Waals surface area contributed by atoms with E-state index in [1.165, 1.54) is 22.7 Å². The zero-order chi connectivity index (χ0) is 18.4. The van der Waals surface area contributed by atoms with Crippen LogP contribution in [0.1, 0.15) is 23.9 Å². The summed E-state index contributed by atoms with van der Waals surface area (Å²) >= 11 is 1.51. The van der Waals surface area contributed by atoms with Gasteiger partial charge in [-0.2, -0.15) is 4.37 Å². The van der Waals surface area contributed by atoms with Crippen LogP contribution in [-0.4, -0.2) is 60.0 Å². The number of nitrogens with one attached hydrogen (secondary N) is 1. The van der Waals surface area contributed by atoms with Gasteiger partial charge in [-0.3, -0.25) is 4.99 Å². The summed E-state index contributed by atoms with van der Waals surface area (Å²) in [5, 5.41) is 4.55. The molecule has 2 heterocycles. The average Bonchev–Trinajstić information content (AvgIpc) is 3.15. The van der Waals surface area contributed by atoms with Gasteiger partial charge >= 0.3 is 0 Å². The molecule has 7 heteroatoms. The van der Waals surface area contributed by atoms with Crippen molar-refractivity contribution in [3.63, 3.8) is 0 Å². The lowest BCUT2D eigenvalue weighted by Crippen LogP contribution is -2.52. The van der Waals surface area contributed by atoms with E-state index in [0.29, 0.717) is 0 Å². The predicted molar refractivity (Wildman–Crippen MR) is 109 cm³/mol. The molecule has 1 aliphatic heterocycles. The molecule has 1 N–H and O–H groups in total. The Morgan fingerprint density at radius 3 is 2.73 bits per heavy atom. The largest absolute Gasteiger partial charge is 0.356 e. The molecule has 1 saturated heterocycles. The van der Waals surface area contributed by atoms with E-state index in [1.54, 1.807) is 0 Å². The molecule has 2 aromatic rings. The van der Waals surface area contributed by atoms with E-state index in [9.17, 15) is 0 Å². The number of hydrogen-bond acceptors (Lipinski definition) is 5. The minimum absolute atomic E-state index is 0.895. The van der Waals surface area contributed by atoms with E-state index in [4.69, 9.17) is 0 Å². The van der Waals surface area contributed by atoms with Gasteiger partial charge in [-0.05, 0) is 18.9 Å². The second kappa shape index (κ2) is 8.98. The summed E-state index contributed by atoms with van der Waals surface area (Å²) in [7, 11) is 1.86. The molecule has 6 nitrogen and oxygen atoms in total. The lowest BCUT2D eigenvalue weighted by atomic mass is 10.1. The minimum atomic E-state index is 0.895. The van der Waals surface area contributed by atoms with E-state index < -0.39 is 0 Å². The molecule has 0 spiro atoms. The van der Waals surface area contributed by atoms with Crippen molar-refractivity contribution in [3.05, 3.63) is 41.2 Å². The molecule has 0 amide bonds. The summed E-state index contributed by atoms with van der Waals surface area (Å²) in [5.74, 6) is 1.94. The summed E-state index contributed by atoms with van der Waals surface area (Å²) < 4.78 is 4.39. The fraction of sp³-hybridized carbons (Fsp3) is 0.526. The van der Waals surface area contributed by atoms with E-state index in [-0.39, 0.29) is 0 Å². The van der Waals surface area contributed by atoms with Crippen molar-refractivity contribution in [2.75, 3.05) is 44.7 Å². The second-order valence-electron chi connectivity index (χ2n) is 6.53. The van der Waals surface area contributed by atoms with Gasteiger partial charge in [0.25, 0.3) is 0 Å². The van der Waals surface area contributed by atoms with Crippen molar-refractivity contribution in [1.29, 1.82) is 0 Å². The third kappa shape index (κ3) is 4.72. The number of hydrogen-bond donors (Lipinski definition) is 1. The fourth-order valence-corrected chi connectivity index (χ4v) is 3.95. The van der Waals surface area contributed by atoms with Gasteiger partial charge < -0.3 is 15.1 Å². The molecule has 1 aromatic carbocycles. The molecule has 140 valence electrons. The van der Waals surface area contributed by atoms with E-state index in [0.717, 1.165) is 62.5 Å². The van der Waals surface area contributed by atoms with Crippen LogP contribution in [0.5, 0.6) is 0 Å². The number of piperazine rings is 1. The topological polar surface area (TPSA) is 56.7 Å². The molecule has 3 rings (SSSR count). The van der Waals surface area contributed by atoms with Gasteiger partial charge in [0.15, 0.2) is 5.96 Å². The number of anilines is 1. The Balaban J connectivity index is 1.47. The first-order chi connectivity index (χ1) is 12.7. The van der Waals surface area contributed by atoms with Gasteiger partial charge in [0.2, 0.25) is 5.13 Å². The van der Waals surface area contributed by atoms with Crippen LogP contribution in [-0.2, 0) is 12.8 Å². The maximum atomic E-state index is 4.60. The summed E-state index contributed by atoms with van der Waals surface area (Å²) in [6, 6.07) is 8.69. The van der Waals surface area contributed by atoms with Gasteiger partial charge in [0.1, 0.15) is 5.82 Å². The first kappa shape index (κ1) is 18.6. The maximum Gasteiger partial charge on any atom is 0.205 e. The molecule has 26 heavy (non-hydrogen) atoms. The molecule has 1 aliphatic rings. The first-order valence-corrected chi connectivity index (χ1v) is 10.1. The van der Waals surface area contributed by atoms with Crippen LogP contribution in [0.2, 0.25) is 0 Å². The summed E-state index contributed by atoms with van der Waals surface area (Å²) in [5.41, 5.74) is 2.67. The monoisotopic (exact) mass is 372 g/mol. The quantitative estimate of drug-likeness (QED) is 0.645. The number of aryl methyl sites for hydroxylation is 2. The zero-order valence-corrected chi connectivity index (χ0v) is 16.7. The van der Waals surface area contributed by atoms with E-state index in [2.05, 4.69) is 67.6 Å². The Morgan fingerprint density at radius 1 is 1.27 bits per heavy atom. The lowest BCUT2D eigenvalue weighted by Gasteiger charge is -2.36. The lowest BCUT2D eigenvalue weighted by molar-refractivity contribution is 0.372. The molecular formula is C19H28N6S. The van der Waals surface area contributed by atoms with Crippen molar-refractivity contribution in [2.45, 2.75) is 26.7 Å². The van der Waals surface area contributed by atoms with Crippen molar-refractivity contribution in [3.8, 4) is 0 Å². The highest BCUT2D eigenvalue weighted by Crippen LogP contribution is 2.19. The Labute approximate surface area is 160 Å². The highest BCUT2D eigenvalue weighted by molar-refractivity contribution is 7.09. The van der Waals surface area contributed by atoms with Crippen molar-refractivity contribution < 1.29 is 0 Å². The van der Waals surface area contributed by atoms with Crippen LogP contribution in [0, 0.1) is 6.92 Å². The van der Waals surface area contributed by atoms with Crippen LogP contribution in [0.15, 0.2) is 29.3 Å². The summed E-state index contributed by atoms with van der Waals surface area (Å²) in [6.07, 6.45) is 1.90. The molecule has 0 atom stereocenters. The van der Waals surface area contributed by atoms with E-state index >= 15 is 0 Å². The summed E-state index contributed by atoms with van der Waals surface area (Å²) in [6.45, 7) is 8.93. The highest BCUT2D eigenvalue weighted by atomic mass is 32.1. The highest BCUT2D eigenvalue weighted by Gasteiger charge is 2.21.